The van der Waals surface area contributed by atoms with E-state index in [1.165, 1.54) is 30.6 Å². The molecule has 1 atom stereocenters. The maximum absolute atomic E-state index is 12.2. The average Bonchev–Trinajstić information content (AvgIpc) is 3.10. The molecule has 0 saturated carbocycles. The van der Waals surface area contributed by atoms with E-state index >= 15 is 0 Å². The number of rotatable bonds is 2. The van der Waals surface area contributed by atoms with Gasteiger partial charge in [-0.05, 0) is 31.0 Å². The number of carbonyl (C=O) groups is 1. The monoisotopic (exact) mass is 316 g/mol. The van der Waals surface area contributed by atoms with Gasteiger partial charge in [0, 0.05) is 30.3 Å². The summed E-state index contributed by atoms with van der Waals surface area (Å²) >= 11 is 1.76. The second-order valence-corrected chi connectivity index (χ2v) is 6.99. The molecule has 22 heavy (non-hydrogen) atoms. The van der Waals surface area contributed by atoms with Gasteiger partial charge in [-0.1, -0.05) is 6.42 Å². The summed E-state index contributed by atoms with van der Waals surface area (Å²) in [6.07, 6.45) is 4.78. The molecule has 1 saturated heterocycles. The van der Waals surface area contributed by atoms with Gasteiger partial charge in [-0.15, -0.1) is 11.8 Å². The molecule has 6 heteroatoms. The molecule has 0 bridgehead atoms. The van der Waals surface area contributed by atoms with Crippen LogP contribution in [-0.2, 0) is 17.8 Å². The van der Waals surface area contributed by atoms with Crippen LogP contribution in [0.5, 0.6) is 0 Å². The number of thioether (sulfide) groups is 1. The van der Waals surface area contributed by atoms with E-state index in [-0.39, 0.29) is 11.9 Å². The number of nitrogens with one attached hydrogen (secondary N) is 2. The van der Waals surface area contributed by atoms with Crippen molar-refractivity contribution in [1.29, 1.82) is 0 Å². The number of anilines is 1. The number of fused-ring (bicyclic) bond motifs is 3. The fraction of sp³-hybridized carbons (Fsp3) is 0.500. The van der Waals surface area contributed by atoms with E-state index in [0.29, 0.717) is 0 Å². The first-order chi connectivity index (χ1) is 10.8. The maximum Gasteiger partial charge on any atom is 0.242 e. The molecule has 4 rings (SSSR count). The van der Waals surface area contributed by atoms with Crippen LogP contribution in [0.25, 0.3) is 11.0 Å². The van der Waals surface area contributed by atoms with Gasteiger partial charge in [-0.3, -0.25) is 10.1 Å². The maximum atomic E-state index is 12.2. The van der Waals surface area contributed by atoms with E-state index in [0.717, 1.165) is 35.8 Å². The second kappa shape index (κ2) is 5.93. The summed E-state index contributed by atoms with van der Waals surface area (Å²) in [7, 11) is 0. The molecule has 2 aliphatic heterocycles. The molecular weight excluding hydrogens is 296 g/mol. The highest BCUT2D eigenvalue weighted by atomic mass is 32.2. The van der Waals surface area contributed by atoms with Crippen molar-refractivity contribution >= 4 is 34.4 Å². The first kappa shape index (κ1) is 14.1. The lowest BCUT2D eigenvalue weighted by atomic mass is 10.2. The van der Waals surface area contributed by atoms with Crippen molar-refractivity contribution in [1.82, 2.24) is 14.9 Å². The zero-order chi connectivity index (χ0) is 14.9. The minimum Gasteiger partial charge on any atom is -0.328 e. The van der Waals surface area contributed by atoms with Crippen LogP contribution in [0.15, 0.2) is 18.2 Å². The van der Waals surface area contributed by atoms with Crippen molar-refractivity contribution in [2.75, 3.05) is 16.9 Å². The van der Waals surface area contributed by atoms with Crippen molar-refractivity contribution in [3.05, 3.63) is 24.0 Å². The Hall–Kier alpha value is -1.53. The first-order valence-electron chi connectivity index (χ1n) is 7.92. The van der Waals surface area contributed by atoms with Crippen molar-refractivity contribution in [3.8, 4) is 0 Å². The average molecular weight is 316 g/mol. The number of aryl methyl sites for hydroxylation is 2. The van der Waals surface area contributed by atoms with Crippen LogP contribution in [0.3, 0.4) is 0 Å². The quantitative estimate of drug-likeness (QED) is 0.893. The molecule has 3 heterocycles. The van der Waals surface area contributed by atoms with Crippen LogP contribution in [0, 0.1) is 0 Å². The standard InChI is InChI=1S/C16H20N4OS/c21-16(13-9-22-10-17-13)18-11-5-6-14-12(8-11)19-15-4-2-1-3-7-20(14)15/h5-6,8,13,17H,1-4,7,9-10H2,(H,18,21). The van der Waals surface area contributed by atoms with E-state index in [9.17, 15) is 4.79 Å². The van der Waals surface area contributed by atoms with Gasteiger partial charge in [0.1, 0.15) is 5.82 Å². The third-order valence-electron chi connectivity index (χ3n) is 4.41. The van der Waals surface area contributed by atoms with Crippen LogP contribution in [0.2, 0.25) is 0 Å². The van der Waals surface area contributed by atoms with E-state index in [4.69, 9.17) is 4.98 Å². The summed E-state index contributed by atoms with van der Waals surface area (Å²) in [5.74, 6) is 2.92. The van der Waals surface area contributed by atoms with Gasteiger partial charge < -0.3 is 9.88 Å². The fourth-order valence-electron chi connectivity index (χ4n) is 3.22. The Morgan fingerprint density at radius 3 is 3.18 bits per heavy atom. The molecule has 0 spiro atoms. The van der Waals surface area contributed by atoms with Gasteiger partial charge in [0.2, 0.25) is 5.91 Å². The Balaban J connectivity index is 1.59. The molecule has 0 aliphatic carbocycles. The Bertz CT molecular complexity index is 705. The third kappa shape index (κ3) is 2.61. The van der Waals surface area contributed by atoms with Crippen LogP contribution in [-0.4, -0.2) is 33.1 Å². The second-order valence-electron chi connectivity index (χ2n) is 5.95. The summed E-state index contributed by atoms with van der Waals surface area (Å²) in [5.41, 5.74) is 3.01. The van der Waals surface area contributed by atoms with Crippen molar-refractivity contribution in [3.63, 3.8) is 0 Å². The van der Waals surface area contributed by atoms with Gasteiger partial charge in [-0.2, -0.15) is 0 Å². The third-order valence-corrected chi connectivity index (χ3v) is 5.35. The molecule has 0 radical (unpaired) electrons. The molecule has 116 valence electrons. The number of amides is 1. The molecule has 1 unspecified atom stereocenters. The van der Waals surface area contributed by atoms with Gasteiger partial charge in [0.15, 0.2) is 0 Å². The SMILES string of the molecule is O=C(Nc1ccc2c(c1)nc1n2CCCCC1)C1CSCN1. The lowest BCUT2D eigenvalue weighted by Gasteiger charge is -2.10. The van der Waals surface area contributed by atoms with Crippen LogP contribution in [0.1, 0.15) is 25.1 Å². The number of aromatic nitrogens is 2. The lowest BCUT2D eigenvalue weighted by molar-refractivity contribution is -0.117. The van der Waals surface area contributed by atoms with Gasteiger partial charge in [0.05, 0.1) is 17.1 Å². The van der Waals surface area contributed by atoms with Crippen molar-refractivity contribution < 1.29 is 4.79 Å². The van der Waals surface area contributed by atoms with E-state index in [1.54, 1.807) is 11.8 Å². The smallest absolute Gasteiger partial charge is 0.242 e. The van der Waals surface area contributed by atoms with E-state index in [1.807, 2.05) is 12.1 Å². The molecule has 2 aromatic rings. The van der Waals surface area contributed by atoms with E-state index < -0.39 is 0 Å². The molecule has 1 amide bonds. The number of imidazole rings is 1. The summed E-state index contributed by atoms with van der Waals surface area (Å²) in [4.78, 5) is 16.9. The largest absolute Gasteiger partial charge is 0.328 e. The predicted molar refractivity (Wildman–Crippen MR) is 90.2 cm³/mol. The Labute approximate surface area is 133 Å². The van der Waals surface area contributed by atoms with Crippen LogP contribution >= 0.6 is 11.8 Å². The molecule has 2 N–H and O–H groups in total. The highest BCUT2D eigenvalue weighted by molar-refractivity contribution is 7.99. The number of carbonyl (C=O) groups excluding carboxylic acids is 1. The molecule has 1 fully saturated rings. The highest BCUT2D eigenvalue weighted by Gasteiger charge is 2.22. The van der Waals surface area contributed by atoms with Crippen LogP contribution < -0.4 is 10.6 Å². The Morgan fingerprint density at radius 2 is 2.32 bits per heavy atom. The zero-order valence-corrected chi connectivity index (χ0v) is 13.3. The number of hydrogen-bond acceptors (Lipinski definition) is 4. The minimum atomic E-state index is -0.0839. The molecule has 1 aromatic heterocycles. The van der Waals surface area contributed by atoms with Gasteiger partial charge in [0.25, 0.3) is 0 Å². The molecule has 2 aliphatic rings. The topological polar surface area (TPSA) is 59.0 Å². The number of benzene rings is 1. The zero-order valence-electron chi connectivity index (χ0n) is 12.5. The first-order valence-corrected chi connectivity index (χ1v) is 9.08. The lowest BCUT2D eigenvalue weighted by Crippen LogP contribution is -2.37. The van der Waals surface area contributed by atoms with Gasteiger partial charge in [-0.25, -0.2) is 4.98 Å². The summed E-state index contributed by atoms with van der Waals surface area (Å²) < 4.78 is 2.34. The molecule has 1 aromatic carbocycles. The van der Waals surface area contributed by atoms with Crippen molar-refractivity contribution in [2.24, 2.45) is 0 Å². The molecular formula is C16H20N4OS. The summed E-state index contributed by atoms with van der Waals surface area (Å²) in [6, 6.07) is 5.99. The Kier molecular flexibility index (Phi) is 3.80. The highest BCUT2D eigenvalue weighted by Crippen LogP contribution is 2.24. The fourth-order valence-corrected chi connectivity index (χ4v) is 4.16. The van der Waals surface area contributed by atoms with E-state index in [2.05, 4.69) is 21.3 Å². The predicted octanol–water partition coefficient (Wildman–Crippen LogP) is 2.36. The summed E-state index contributed by atoms with van der Waals surface area (Å²) in [6.45, 7) is 1.06. The van der Waals surface area contributed by atoms with Gasteiger partial charge >= 0.3 is 0 Å². The normalized spacial score (nSPS) is 21.5. The number of hydrogen-bond donors (Lipinski definition) is 2. The number of nitrogens with zero attached hydrogens (tertiary/aromatic N) is 2. The van der Waals surface area contributed by atoms with Crippen LogP contribution in [0.4, 0.5) is 5.69 Å². The van der Waals surface area contributed by atoms with Crippen molar-refractivity contribution in [2.45, 2.75) is 38.3 Å². The molecule has 5 nitrogen and oxygen atoms in total. The minimum absolute atomic E-state index is 0.0464. The Morgan fingerprint density at radius 1 is 1.36 bits per heavy atom. The summed E-state index contributed by atoms with van der Waals surface area (Å²) in [5, 5.41) is 6.20.